The van der Waals surface area contributed by atoms with Gasteiger partial charge in [-0.15, -0.1) is 0 Å². The van der Waals surface area contributed by atoms with Gasteiger partial charge in [-0.25, -0.2) is 17.9 Å². The lowest BCUT2D eigenvalue weighted by Crippen LogP contribution is -2.47. The van der Waals surface area contributed by atoms with Gasteiger partial charge in [0.05, 0.1) is 6.10 Å². The summed E-state index contributed by atoms with van der Waals surface area (Å²) in [6.45, 7) is 3.03. The van der Waals surface area contributed by atoms with Crippen LogP contribution in [0.5, 0.6) is 0 Å². The van der Waals surface area contributed by atoms with E-state index in [1.54, 1.807) is 14.0 Å². The molecule has 1 saturated carbocycles. The Balaban J connectivity index is 2.24. The standard InChI is InChI=1S/C12H18N2O5S/c1-6-10(12(15)16)13-7(2)11(6)20(17,18)14-8-4-9(5-8)19-3/h8-9,13-14H,4-5H2,1-3H3,(H,15,16). The first-order valence-corrected chi connectivity index (χ1v) is 7.72. The molecule has 0 aliphatic heterocycles. The van der Waals surface area contributed by atoms with E-state index in [1.807, 2.05) is 0 Å². The fourth-order valence-corrected chi connectivity index (χ4v) is 4.19. The van der Waals surface area contributed by atoms with Crippen molar-refractivity contribution in [3.8, 4) is 0 Å². The Morgan fingerprint density at radius 2 is 2.00 bits per heavy atom. The van der Waals surface area contributed by atoms with Crippen LogP contribution < -0.4 is 4.72 Å². The van der Waals surface area contributed by atoms with Gasteiger partial charge in [0.1, 0.15) is 10.6 Å². The predicted molar refractivity (Wildman–Crippen MR) is 71.4 cm³/mol. The smallest absolute Gasteiger partial charge is 0.352 e. The second kappa shape index (κ2) is 5.19. The molecule has 0 spiro atoms. The fraction of sp³-hybridized carbons (Fsp3) is 0.583. The van der Waals surface area contributed by atoms with Gasteiger partial charge in [0.2, 0.25) is 10.0 Å². The summed E-state index contributed by atoms with van der Waals surface area (Å²) in [7, 11) is -2.13. The zero-order valence-corrected chi connectivity index (χ0v) is 12.4. The maximum absolute atomic E-state index is 12.3. The summed E-state index contributed by atoms with van der Waals surface area (Å²) in [6, 6.07) is -0.160. The minimum absolute atomic E-state index is 0.0239. The average molecular weight is 302 g/mol. The second-order valence-electron chi connectivity index (χ2n) is 5.03. The number of hydrogen-bond acceptors (Lipinski definition) is 4. The molecule has 0 bridgehead atoms. The van der Waals surface area contributed by atoms with E-state index in [9.17, 15) is 13.2 Å². The normalized spacial score (nSPS) is 22.6. The zero-order valence-electron chi connectivity index (χ0n) is 11.6. The largest absolute Gasteiger partial charge is 0.477 e. The van der Waals surface area contributed by atoms with Crippen molar-refractivity contribution in [2.45, 2.75) is 43.7 Å². The molecule has 1 heterocycles. The van der Waals surface area contributed by atoms with E-state index < -0.39 is 16.0 Å². The lowest BCUT2D eigenvalue weighted by Gasteiger charge is -2.34. The number of ether oxygens (including phenoxy) is 1. The van der Waals surface area contributed by atoms with Gasteiger partial charge in [-0.05, 0) is 26.7 Å². The van der Waals surface area contributed by atoms with Crippen LogP contribution in [0.2, 0.25) is 0 Å². The predicted octanol–water partition coefficient (Wildman–Crippen LogP) is 0.785. The van der Waals surface area contributed by atoms with E-state index >= 15 is 0 Å². The highest BCUT2D eigenvalue weighted by atomic mass is 32.2. The molecule has 112 valence electrons. The SMILES string of the molecule is COC1CC(NS(=O)(=O)c2c(C)[nH]c(C(=O)O)c2C)C1. The van der Waals surface area contributed by atoms with Crippen LogP contribution in [-0.4, -0.2) is 43.7 Å². The molecule has 0 unspecified atom stereocenters. The van der Waals surface area contributed by atoms with E-state index in [2.05, 4.69) is 9.71 Å². The average Bonchev–Trinajstić information content (AvgIpc) is 2.59. The molecular weight excluding hydrogens is 284 g/mol. The van der Waals surface area contributed by atoms with Gasteiger partial charge in [-0.3, -0.25) is 0 Å². The van der Waals surface area contributed by atoms with E-state index in [4.69, 9.17) is 9.84 Å². The quantitative estimate of drug-likeness (QED) is 0.745. The number of methoxy groups -OCH3 is 1. The molecule has 0 saturated heterocycles. The number of aromatic carboxylic acids is 1. The molecule has 8 heteroatoms. The number of H-pyrrole nitrogens is 1. The Hall–Kier alpha value is -1.38. The zero-order chi connectivity index (χ0) is 15.1. The second-order valence-corrected chi connectivity index (χ2v) is 6.68. The summed E-state index contributed by atoms with van der Waals surface area (Å²) in [5.74, 6) is -1.17. The molecule has 7 nitrogen and oxygen atoms in total. The highest BCUT2D eigenvalue weighted by Gasteiger charge is 2.35. The van der Waals surface area contributed by atoms with Crippen LogP contribution in [0.25, 0.3) is 0 Å². The number of nitrogens with one attached hydrogen (secondary N) is 2. The topological polar surface area (TPSA) is 108 Å². The highest BCUT2D eigenvalue weighted by molar-refractivity contribution is 7.89. The van der Waals surface area contributed by atoms with Gasteiger partial charge < -0.3 is 14.8 Å². The first kappa shape index (κ1) is 15.0. The minimum atomic E-state index is -3.73. The van der Waals surface area contributed by atoms with Crippen molar-refractivity contribution in [3.63, 3.8) is 0 Å². The number of sulfonamides is 1. The van der Waals surface area contributed by atoms with E-state index in [-0.39, 0.29) is 28.3 Å². The van der Waals surface area contributed by atoms with Gasteiger partial charge in [0, 0.05) is 24.4 Å². The number of rotatable bonds is 5. The highest BCUT2D eigenvalue weighted by Crippen LogP contribution is 2.27. The molecule has 3 N–H and O–H groups in total. The van der Waals surface area contributed by atoms with Crippen molar-refractivity contribution >= 4 is 16.0 Å². The number of hydrogen-bond donors (Lipinski definition) is 3. The molecule has 0 amide bonds. The molecule has 1 aromatic heterocycles. The van der Waals surface area contributed by atoms with Crippen LogP contribution in [0, 0.1) is 13.8 Å². The Bertz CT molecular complexity index is 629. The molecule has 1 aliphatic rings. The van der Waals surface area contributed by atoms with E-state index in [1.165, 1.54) is 6.92 Å². The summed E-state index contributed by atoms with van der Waals surface area (Å²) in [5, 5.41) is 9.01. The van der Waals surface area contributed by atoms with Crippen molar-refractivity contribution in [1.82, 2.24) is 9.71 Å². The molecule has 0 aromatic carbocycles. The Kier molecular flexibility index (Phi) is 3.90. The molecular formula is C12H18N2O5S. The van der Waals surface area contributed by atoms with Gasteiger partial charge >= 0.3 is 5.97 Å². The Morgan fingerprint density at radius 1 is 1.40 bits per heavy atom. The molecule has 0 atom stereocenters. The summed E-state index contributed by atoms with van der Waals surface area (Å²) in [6.07, 6.45) is 1.35. The van der Waals surface area contributed by atoms with Crippen LogP contribution in [0.3, 0.4) is 0 Å². The number of carboxylic acids is 1. The molecule has 1 aliphatic carbocycles. The minimum Gasteiger partial charge on any atom is -0.477 e. The van der Waals surface area contributed by atoms with Gasteiger partial charge in [-0.1, -0.05) is 0 Å². The fourth-order valence-electron chi connectivity index (χ4n) is 2.48. The number of aromatic nitrogens is 1. The van der Waals surface area contributed by atoms with Gasteiger partial charge in [-0.2, -0.15) is 0 Å². The number of carbonyl (C=O) groups is 1. The molecule has 2 rings (SSSR count). The van der Waals surface area contributed by atoms with Crippen LogP contribution in [0.4, 0.5) is 0 Å². The lowest BCUT2D eigenvalue weighted by atomic mass is 9.90. The van der Waals surface area contributed by atoms with Crippen LogP contribution >= 0.6 is 0 Å². The van der Waals surface area contributed by atoms with Crippen LogP contribution in [0.15, 0.2) is 4.90 Å². The van der Waals surface area contributed by atoms with Crippen LogP contribution in [0.1, 0.15) is 34.6 Å². The van der Waals surface area contributed by atoms with Crippen molar-refractivity contribution in [2.24, 2.45) is 0 Å². The van der Waals surface area contributed by atoms with Crippen molar-refractivity contribution in [3.05, 3.63) is 17.0 Å². The maximum Gasteiger partial charge on any atom is 0.352 e. The van der Waals surface area contributed by atoms with E-state index in [0.717, 1.165) is 0 Å². The van der Waals surface area contributed by atoms with Crippen LogP contribution in [-0.2, 0) is 14.8 Å². The molecule has 20 heavy (non-hydrogen) atoms. The third-order valence-electron chi connectivity index (χ3n) is 3.60. The summed E-state index contributed by atoms with van der Waals surface area (Å²) < 4.78 is 32.4. The molecule has 1 aromatic rings. The first-order valence-electron chi connectivity index (χ1n) is 6.23. The monoisotopic (exact) mass is 302 g/mol. The van der Waals surface area contributed by atoms with Crippen molar-refractivity contribution in [2.75, 3.05) is 7.11 Å². The number of aryl methyl sites for hydroxylation is 1. The van der Waals surface area contributed by atoms with Crippen molar-refractivity contribution in [1.29, 1.82) is 0 Å². The maximum atomic E-state index is 12.3. The Labute approximate surface area is 117 Å². The third kappa shape index (κ3) is 2.58. The lowest BCUT2D eigenvalue weighted by molar-refractivity contribution is 0.0236. The molecule has 1 fully saturated rings. The first-order chi connectivity index (χ1) is 9.26. The Morgan fingerprint density at radius 3 is 2.45 bits per heavy atom. The third-order valence-corrected chi connectivity index (χ3v) is 5.39. The van der Waals surface area contributed by atoms with Gasteiger partial charge in [0.15, 0.2) is 0 Å². The van der Waals surface area contributed by atoms with Gasteiger partial charge in [0.25, 0.3) is 0 Å². The summed E-state index contributed by atoms with van der Waals surface area (Å²) in [5.41, 5.74) is 0.464. The molecule has 0 radical (unpaired) electrons. The number of carboxylic acid groups (broad SMARTS) is 1. The summed E-state index contributed by atoms with van der Waals surface area (Å²) in [4.78, 5) is 13.7. The number of aromatic amines is 1. The van der Waals surface area contributed by atoms with Crippen molar-refractivity contribution < 1.29 is 23.1 Å². The van der Waals surface area contributed by atoms with E-state index in [0.29, 0.717) is 18.5 Å². The summed E-state index contributed by atoms with van der Waals surface area (Å²) >= 11 is 0.